The molecule has 0 saturated heterocycles. The Morgan fingerprint density at radius 3 is 2.70 bits per heavy atom. The lowest BCUT2D eigenvalue weighted by Crippen LogP contribution is -2.16. The first-order chi connectivity index (χ1) is 9.52. The van der Waals surface area contributed by atoms with Crippen molar-refractivity contribution >= 4 is 16.8 Å². The van der Waals surface area contributed by atoms with E-state index in [1.54, 1.807) is 0 Å². The molecule has 0 aliphatic carbocycles. The van der Waals surface area contributed by atoms with E-state index in [4.69, 9.17) is 5.73 Å². The minimum Gasteiger partial charge on any atom is -0.370 e. The summed E-state index contributed by atoms with van der Waals surface area (Å²) in [6.45, 7) is 6.52. The summed E-state index contributed by atoms with van der Waals surface area (Å²) in [7, 11) is 0. The minimum atomic E-state index is -0.225. The third-order valence-corrected chi connectivity index (χ3v) is 3.86. The lowest BCUT2D eigenvalue weighted by molar-refractivity contribution is -0.118. The fraction of sp³-hybridized carbons (Fsp3) is 0.471. The molecule has 1 amide bonds. The number of fused-ring (bicyclic) bond motifs is 1. The molecule has 3 nitrogen and oxygen atoms in total. The molecule has 3 heteroatoms. The van der Waals surface area contributed by atoms with E-state index < -0.39 is 0 Å². The Hall–Kier alpha value is -1.77. The molecule has 0 fully saturated rings. The molecule has 1 aromatic carbocycles. The molecule has 2 aromatic rings. The van der Waals surface area contributed by atoms with Gasteiger partial charge in [0, 0.05) is 23.5 Å². The number of nitrogens with two attached hydrogens (primary N) is 1. The van der Waals surface area contributed by atoms with E-state index in [1.165, 1.54) is 22.0 Å². The van der Waals surface area contributed by atoms with Crippen molar-refractivity contribution in [1.82, 2.24) is 4.98 Å². The number of amides is 1. The normalized spacial score (nSPS) is 13.0. The molecular formula is C17H24N2O. The maximum Gasteiger partial charge on any atom is 0.218 e. The van der Waals surface area contributed by atoms with E-state index in [0.29, 0.717) is 12.3 Å². The van der Waals surface area contributed by atoms with Gasteiger partial charge in [0.15, 0.2) is 0 Å². The number of primary amides is 1. The number of hydrogen-bond donors (Lipinski definition) is 2. The van der Waals surface area contributed by atoms with Crippen molar-refractivity contribution in [2.24, 2.45) is 11.7 Å². The zero-order chi connectivity index (χ0) is 14.7. The van der Waals surface area contributed by atoms with Crippen molar-refractivity contribution in [2.45, 2.75) is 46.0 Å². The predicted octanol–water partition coefficient (Wildman–Crippen LogP) is 3.74. The number of carbonyl (C=O) groups is 1. The van der Waals surface area contributed by atoms with Crippen molar-refractivity contribution in [2.75, 3.05) is 0 Å². The number of hydrogen-bond acceptors (Lipinski definition) is 1. The number of rotatable bonds is 6. The topological polar surface area (TPSA) is 58.9 Å². The molecule has 108 valence electrons. The lowest BCUT2D eigenvalue weighted by Gasteiger charge is -2.17. The molecule has 0 spiro atoms. The lowest BCUT2D eigenvalue weighted by atomic mass is 9.87. The van der Waals surface area contributed by atoms with Crippen LogP contribution in [0, 0.1) is 5.92 Å². The van der Waals surface area contributed by atoms with Crippen LogP contribution < -0.4 is 5.73 Å². The van der Waals surface area contributed by atoms with Gasteiger partial charge in [0.05, 0.1) is 0 Å². The highest BCUT2D eigenvalue weighted by molar-refractivity contribution is 5.87. The third kappa shape index (κ3) is 3.03. The number of aromatic nitrogens is 1. The number of aryl methyl sites for hydroxylation is 1. The second-order valence-electron chi connectivity index (χ2n) is 5.93. The van der Waals surface area contributed by atoms with E-state index >= 15 is 0 Å². The van der Waals surface area contributed by atoms with E-state index in [1.807, 2.05) is 0 Å². The first kappa shape index (κ1) is 14.6. The summed E-state index contributed by atoms with van der Waals surface area (Å²) in [6, 6.07) is 6.37. The predicted molar refractivity (Wildman–Crippen MR) is 83.7 cm³/mol. The van der Waals surface area contributed by atoms with Gasteiger partial charge in [0.2, 0.25) is 5.91 Å². The summed E-state index contributed by atoms with van der Waals surface area (Å²) in [6.07, 6.45) is 4.45. The highest BCUT2D eigenvalue weighted by atomic mass is 16.1. The fourth-order valence-corrected chi connectivity index (χ4v) is 3.00. The molecule has 1 unspecified atom stereocenters. The van der Waals surface area contributed by atoms with Crippen LogP contribution in [0.1, 0.15) is 50.7 Å². The van der Waals surface area contributed by atoms with Crippen LogP contribution >= 0.6 is 0 Å². The molecule has 2 rings (SSSR count). The zero-order valence-corrected chi connectivity index (χ0v) is 12.6. The number of para-hydroxylation sites is 1. The summed E-state index contributed by atoms with van der Waals surface area (Å²) in [4.78, 5) is 14.7. The smallest absolute Gasteiger partial charge is 0.218 e. The Morgan fingerprint density at radius 2 is 2.10 bits per heavy atom. The molecule has 1 aromatic heterocycles. The SMILES string of the molecule is CCc1cccc2c(C(CC(N)=O)CC(C)C)c[nH]c12. The molecule has 20 heavy (non-hydrogen) atoms. The monoisotopic (exact) mass is 272 g/mol. The second kappa shape index (κ2) is 6.12. The average Bonchev–Trinajstić information content (AvgIpc) is 2.80. The van der Waals surface area contributed by atoms with Gasteiger partial charge in [-0.15, -0.1) is 0 Å². The Labute approximate surface area is 120 Å². The fourth-order valence-electron chi connectivity index (χ4n) is 3.00. The molecule has 0 aliphatic rings. The summed E-state index contributed by atoms with van der Waals surface area (Å²) >= 11 is 0. The largest absolute Gasteiger partial charge is 0.370 e. The van der Waals surface area contributed by atoms with Gasteiger partial charge in [-0.25, -0.2) is 0 Å². The number of benzene rings is 1. The van der Waals surface area contributed by atoms with Crippen LogP contribution in [0.4, 0.5) is 0 Å². The second-order valence-corrected chi connectivity index (χ2v) is 5.93. The molecule has 0 saturated carbocycles. The molecular weight excluding hydrogens is 248 g/mol. The Balaban J connectivity index is 2.45. The maximum atomic E-state index is 11.4. The van der Waals surface area contributed by atoms with Crippen molar-refractivity contribution in [3.05, 3.63) is 35.5 Å². The summed E-state index contributed by atoms with van der Waals surface area (Å²) in [5.41, 5.74) is 9.16. The number of carbonyl (C=O) groups excluding carboxylic acids is 1. The van der Waals surface area contributed by atoms with Crippen LogP contribution in [0.5, 0.6) is 0 Å². The van der Waals surface area contributed by atoms with Gasteiger partial charge in [-0.05, 0) is 35.8 Å². The van der Waals surface area contributed by atoms with Gasteiger partial charge < -0.3 is 10.7 Å². The van der Waals surface area contributed by atoms with Crippen LogP contribution in [-0.2, 0) is 11.2 Å². The highest BCUT2D eigenvalue weighted by Crippen LogP contribution is 2.33. The number of H-pyrrole nitrogens is 1. The van der Waals surface area contributed by atoms with E-state index in [2.05, 4.69) is 50.2 Å². The number of nitrogens with one attached hydrogen (secondary N) is 1. The first-order valence-electron chi connectivity index (χ1n) is 7.40. The Morgan fingerprint density at radius 1 is 1.35 bits per heavy atom. The van der Waals surface area contributed by atoms with Gasteiger partial charge in [0.1, 0.15) is 0 Å². The van der Waals surface area contributed by atoms with Gasteiger partial charge in [-0.3, -0.25) is 4.79 Å². The van der Waals surface area contributed by atoms with Crippen molar-refractivity contribution < 1.29 is 4.79 Å². The Bertz CT molecular complexity index is 598. The van der Waals surface area contributed by atoms with E-state index in [9.17, 15) is 4.79 Å². The zero-order valence-electron chi connectivity index (χ0n) is 12.6. The summed E-state index contributed by atoms with van der Waals surface area (Å²) in [5.74, 6) is 0.517. The molecule has 0 aliphatic heterocycles. The molecule has 3 N–H and O–H groups in total. The van der Waals surface area contributed by atoms with Crippen molar-refractivity contribution in [3.8, 4) is 0 Å². The number of aromatic amines is 1. The molecule has 1 heterocycles. The standard InChI is InChI=1S/C17H24N2O/c1-4-12-6-5-7-14-15(10-19-17(12)14)13(8-11(2)3)9-16(18)20/h5-7,10-11,13,19H,4,8-9H2,1-3H3,(H2,18,20). The molecule has 0 bridgehead atoms. The van der Waals surface area contributed by atoms with E-state index in [0.717, 1.165) is 12.8 Å². The first-order valence-corrected chi connectivity index (χ1v) is 7.40. The Kier molecular flexibility index (Phi) is 4.48. The van der Waals surface area contributed by atoms with Crippen LogP contribution in [0.3, 0.4) is 0 Å². The summed E-state index contributed by atoms with van der Waals surface area (Å²) in [5, 5.41) is 1.23. The maximum absolute atomic E-state index is 11.4. The van der Waals surface area contributed by atoms with Gasteiger partial charge in [-0.1, -0.05) is 39.0 Å². The third-order valence-electron chi connectivity index (χ3n) is 3.86. The molecule has 1 atom stereocenters. The van der Waals surface area contributed by atoms with E-state index in [-0.39, 0.29) is 11.8 Å². The molecule has 0 radical (unpaired) electrons. The van der Waals surface area contributed by atoms with Crippen LogP contribution in [-0.4, -0.2) is 10.9 Å². The minimum absolute atomic E-state index is 0.202. The highest BCUT2D eigenvalue weighted by Gasteiger charge is 2.20. The quantitative estimate of drug-likeness (QED) is 0.827. The van der Waals surface area contributed by atoms with Gasteiger partial charge in [-0.2, -0.15) is 0 Å². The summed E-state index contributed by atoms with van der Waals surface area (Å²) < 4.78 is 0. The van der Waals surface area contributed by atoms with Crippen LogP contribution in [0.2, 0.25) is 0 Å². The van der Waals surface area contributed by atoms with Crippen LogP contribution in [0.15, 0.2) is 24.4 Å². The van der Waals surface area contributed by atoms with Gasteiger partial charge >= 0.3 is 0 Å². The average molecular weight is 272 g/mol. The van der Waals surface area contributed by atoms with Crippen molar-refractivity contribution in [3.63, 3.8) is 0 Å². The van der Waals surface area contributed by atoms with Crippen LogP contribution in [0.25, 0.3) is 10.9 Å². The van der Waals surface area contributed by atoms with Gasteiger partial charge in [0.25, 0.3) is 0 Å². The van der Waals surface area contributed by atoms with Crippen molar-refractivity contribution in [1.29, 1.82) is 0 Å².